The van der Waals surface area contributed by atoms with Gasteiger partial charge in [-0.15, -0.1) is 0 Å². The number of aliphatic hydroxyl groups excluding tert-OH is 1. The maximum absolute atomic E-state index is 12.2. The summed E-state index contributed by atoms with van der Waals surface area (Å²) in [5.74, 6) is -0.655. The van der Waals surface area contributed by atoms with Gasteiger partial charge in [0.1, 0.15) is 0 Å². The van der Waals surface area contributed by atoms with Gasteiger partial charge in [-0.2, -0.15) is 0 Å². The van der Waals surface area contributed by atoms with E-state index in [0.717, 1.165) is 0 Å². The van der Waals surface area contributed by atoms with Crippen LogP contribution in [0.4, 0.5) is 0 Å². The van der Waals surface area contributed by atoms with Gasteiger partial charge in [-0.25, -0.2) is 0 Å². The van der Waals surface area contributed by atoms with Gasteiger partial charge in [-0.3, -0.25) is 4.79 Å². The fourth-order valence-electron chi connectivity index (χ4n) is 2.94. The molecule has 1 aromatic carbocycles. The van der Waals surface area contributed by atoms with E-state index in [9.17, 15) is 19.8 Å². The zero-order valence-electron chi connectivity index (χ0n) is 20.8. The second-order valence-electron chi connectivity index (χ2n) is 7.37. The van der Waals surface area contributed by atoms with Gasteiger partial charge in [0, 0.05) is 13.5 Å². The molecule has 0 fully saturated rings. The van der Waals surface area contributed by atoms with Gasteiger partial charge >= 0.3 is 160 Å². The Balaban J connectivity index is 1.71. The molecule has 13 heteroatoms. The Hall–Kier alpha value is -2.14. The minimum atomic E-state index is -0.616. The Kier molecular flexibility index (Phi) is 14.6. The summed E-state index contributed by atoms with van der Waals surface area (Å²) < 4.78 is 30.9. The zero-order valence-corrected chi connectivity index (χ0v) is 25.5. The number of benzene rings is 1. The van der Waals surface area contributed by atoms with E-state index in [0.29, 0.717) is 93.5 Å². The van der Waals surface area contributed by atoms with Gasteiger partial charge in [-0.05, 0) is 0 Å². The Morgan fingerprint density at radius 2 is 1.70 bits per heavy atom. The summed E-state index contributed by atoms with van der Waals surface area (Å²) >= 11 is 1.65. The fraction of sp³-hybridized carbons (Fsp3) is 0.458. The summed E-state index contributed by atoms with van der Waals surface area (Å²) in [5, 5.41) is 23.9. The average Bonchev–Trinajstić information content (AvgIpc) is 3.18. The molecule has 201 valence electrons. The predicted molar refractivity (Wildman–Crippen MR) is 140 cm³/mol. The first kappa shape index (κ1) is 31.1. The van der Waals surface area contributed by atoms with Gasteiger partial charge in [0.25, 0.3) is 0 Å². The first-order valence-electron chi connectivity index (χ1n) is 11.6. The average molecular weight is 731 g/mol. The number of amides is 1. The number of phenolic OH excluding ortho intramolecular Hbond substituents is 1. The van der Waals surface area contributed by atoms with Crippen molar-refractivity contribution >= 4 is 60.8 Å². The van der Waals surface area contributed by atoms with E-state index in [1.807, 2.05) is 0 Å². The predicted octanol–water partition coefficient (Wildman–Crippen LogP) is 1.90. The molecule has 1 aliphatic rings. The summed E-state index contributed by atoms with van der Waals surface area (Å²) in [6.45, 7) is 6.48. The van der Waals surface area contributed by atoms with Crippen LogP contribution in [0.5, 0.6) is 11.5 Å². The number of carbonyl (C=O) groups excluding carboxylic acids is 2. The molecule has 3 radical (unpaired) electrons. The molecule has 11 nitrogen and oxygen atoms in total. The van der Waals surface area contributed by atoms with E-state index >= 15 is 0 Å². The normalized spacial score (nSPS) is 15.4. The van der Waals surface area contributed by atoms with Crippen LogP contribution < -0.4 is 10.1 Å². The number of hydrogen-bond acceptors (Lipinski definition) is 11. The first-order valence-corrected chi connectivity index (χ1v) is 14.1. The minimum absolute atomic E-state index is 0.0645. The summed E-state index contributed by atoms with van der Waals surface area (Å²) in [7, 11) is 0. The molecule has 1 heterocycles. The van der Waals surface area contributed by atoms with Gasteiger partial charge in [0.05, 0.1) is 33.0 Å². The van der Waals surface area contributed by atoms with E-state index in [4.69, 9.17) is 23.7 Å². The number of nitrogens with one attached hydrogen (secondary N) is 1. The molecule has 0 aromatic heterocycles. The molecule has 1 aliphatic heterocycles. The number of esters is 1. The number of nitrogens with zero attached hydrogens (tertiary/aromatic N) is 1. The van der Waals surface area contributed by atoms with Crippen molar-refractivity contribution in [3.63, 3.8) is 0 Å². The topological polar surface area (TPSA) is 145 Å². The maximum atomic E-state index is 12.2. The number of hydrogen-bond donors (Lipinski definition) is 3. The molecule has 0 atom stereocenters. The van der Waals surface area contributed by atoms with E-state index in [1.54, 1.807) is 25.1 Å². The number of aromatic hydroxyl groups is 1. The van der Waals surface area contributed by atoms with Crippen molar-refractivity contribution < 1.29 is 43.5 Å². The van der Waals surface area contributed by atoms with Crippen LogP contribution in [0.15, 0.2) is 37.2 Å². The van der Waals surface area contributed by atoms with Crippen LogP contribution in [0, 0.1) is 0 Å². The number of rotatable bonds is 16. The molecule has 0 saturated heterocycles. The molecule has 37 heavy (non-hydrogen) atoms. The molecular weight excluding hydrogens is 700 g/mol. The molecule has 1 aromatic rings. The molecule has 0 unspecified atom stereocenters. The number of thioether (sulfide) groups is 1. The van der Waals surface area contributed by atoms with Crippen molar-refractivity contribution in [3.8, 4) is 11.5 Å². The molecule has 0 aliphatic carbocycles. The van der Waals surface area contributed by atoms with Crippen molar-refractivity contribution in [3.05, 3.63) is 40.0 Å². The van der Waals surface area contributed by atoms with E-state index in [2.05, 4.69) is 8.12 Å². The number of aliphatic hydroxyl groups is 1. The first-order chi connectivity index (χ1) is 17.9. The molecule has 1 amide bonds. The van der Waals surface area contributed by atoms with Crippen molar-refractivity contribution in [1.82, 2.24) is 5.32 Å². The van der Waals surface area contributed by atoms with Gasteiger partial charge < -0.3 is 19.5 Å². The van der Waals surface area contributed by atoms with Crippen LogP contribution in [0.25, 0.3) is 6.08 Å². The third-order valence-corrected chi connectivity index (χ3v) is 7.12. The monoisotopic (exact) mass is 731 g/mol. The molecule has 2 rings (SSSR count). The molecule has 0 bridgehead atoms. The third kappa shape index (κ3) is 11.0. The fourth-order valence-corrected chi connectivity index (χ4v) is 4.84. The van der Waals surface area contributed by atoms with Crippen molar-refractivity contribution in [1.29, 1.82) is 0 Å². The Labute approximate surface area is 236 Å². The van der Waals surface area contributed by atoms with Gasteiger partial charge in [0.15, 0.2) is 0 Å². The summed E-state index contributed by atoms with van der Waals surface area (Å²) in [4.78, 5) is 23.3. The van der Waals surface area contributed by atoms with Crippen molar-refractivity contribution in [2.45, 2.75) is 13.8 Å². The number of carbonyl (C=O) groups is 2. The van der Waals surface area contributed by atoms with Crippen molar-refractivity contribution in [2.75, 3.05) is 59.4 Å². The molecule has 3 N–H and O–H groups in total. The van der Waals surface area contributed by atoms with Gasteiger partial charge in [-0.1, -0.05) is 0 Å². The van der Waals surface area contributed by atoms with Crippen LogP contribution in [0.3, 0.4) is 0 Å². The zero-order chi connectivity index (χ0) is 27.0. The Morgan fingerprint density at radius 3 is 2.30 bits per heavy atom. The standard InChI is InChI=1S/C24H31N2O9S.Pb/c1-3-34-24(30)21-22(29)20(36-23(21)25)15-17-4-5-19(18(28)14-17)35-13-12-33-11-10-32-9-8-31-7-6-26-16(2)27;/h4-5,14-15,28-29H,3,6-13H2,1-2H3,(H,26,27);/q-1;+1/b20-15-;. The van der Waals surface area contributed by atoms with Crippen LogP contribution in [0.1, 0.15) is 19.4 Å². The third-order valence-electron chi connectivity index (χ3n) is 4.60. The summed E-state index contributed by atoms with van der Waals surface area (Å²) in [6.07, 6.45) is 1.65. The second kappa shape index (κ2) is 17.4. The quantitative estimate of drug-likeness (QED) is 0.131. The summed E-state index contributed by atoms with van der Waals surface area (Å²) in [6, 6.07) is 4.84. The van der Waals surface area contributed by atoms with E-state index in [-0.39, 0.29) is 36.2 Å². The van der Waals surface area contributed by atoms with E-state index < -0.39 is 5.97 Å². The van der Waals surface area contributed by atoms with Crippen LogP contribution in [0.2, 0.25) is 0 Å². The molecule has 0 saturated carbocycles. The van der Waals surface area contributed by atoms with Gasteiger partial charge in [0.2, 0.25) is 5.91 Å². The molecular formula is C24H31N2O9PbS. The Bertz CT molecular complexity index is 1010. The SMILES string of the molecule is CCOC(=O)C1=C(O)C(=C/c2ccc(OCCOCCOCCOCCNC(C)=O)c(O)c2)/S/C1=[N]\[Pb]. The second-order valence-corrected chi connectivity index (χ2v) is 9.27. The molecule has 0 spiro atoms. The van der Waals surface area contributed by atoms with E-state index in [1.165, 1.54) is 24.8 Å². The van der Waals surface area contributed by atoms with Crippen LogP contribution in [-0.4, -0.2) is 113 Å². The van der Waals surface area contributed by atoms with Crippen LogP contribution >= 0.6 is 11.8 Å². The van der Waals surface area contributed by atoms with Crippen molar-refractivity contribution in [2.24, 2.45) is 2.80 Å². The van der Waals surface area contributed by atoms with Crippen LogP contribution in [-0.2, 0) is 28.5 Å². The Morgan fingerprint density at radius 1 is 1.05 bits per heavy atom. The number of phenols is 1. The summed E-state index contributed by atoms with van der Waals surface area (Å²) in [5.41, 5.74) is 0.680. The number of ether oxygens (including phenoxy) is 5.